The Kier molecular flexibility index (Phi) is 4.28. The molecule has 26 heavy (non-hydrogen) atoms. The fourth-order valence-corrected chi connectivity index (χ4v) is 3.47. The number of aryl methyl sites for hydroxylation is 2. The molecule has 6 nitrogen and oxygen atoms in total. The number of hydrogen-bond acceptors (Lipinski definition) is 4. The van der Waals surface area contributed by atoms with Gasteiger partial charge in [-0.3, -0.25) is 0 Å². The molecule has 1 aliphatic heterocycles. The van der Waals surface area contributed by atoms with Gasteiger partial charge in [-0.2, -0.15) is 10.2 Å². The molecule has 1 atom stereocenters. The van der Waals surface area contributed by atoms with Crippen molar-refractivity contribution in [3.8, 4) is 5.69 Å². The van der Waals surface area contributed by atoms with Crippen LogP contribution in [-0.4, -0.2) is 30.6 Å². The number of fused-ring (bicyclic) bond motifs is 1. The maximum absolute atomic E-state index is 14.1. The Labute approximate surface area is 149 Å². The standard InChI is InChI=1S/C18H20F2N6/c1-11-15(8-21-14-4-6-18-22-10-23-25(18)9-14)12(2)26(24-11)17-5-3-13(19)7-16(17)20/h3,5,7,10,14,21H,4,6,8-9H2,1-2H3. The van der Waals surface area contributed by atoms with E-state index < -0.39 is 11.6 Å². The Morgan fingerprint density at radius 3 is 2.92 bits per heavy atom. The second kappa shape index (κ2) is 6.60. The Morgan fingerprint density at radius 1 is 1.27 bits per heavy atom. The highest BCUT2D eigenvalue weighted by Gasteiger charge is 2.21. The Hall–Kier alpha value is -2.61. The number of aromatic nitrogens is 5. The van der Waals surface area contributed by atoms with Crippen molar-refractivity contribution >= 4 is 0 Å². The third-order valence-electron chi connectivity index (χ3n) is 4.95. The van der Waals surface area contributed by atoms with Gasteiger partial charge in [0.25, 0.3) is 0 Å². The molecule has 1 unspecified atom stereocenters. The van der Waals surface area contributed by atoms with Gasteiger partial charge in [-0.05, 0) is 32.4 Å². The summed E-state index contributed by atoms with van der Waals surface area (Å²) in [5.74, 6) is -0.199. The van der Waals surface area contributed by atoms with Crippen LogP contribution in [0.1, 0.15) is 29.2 Å². The van der Waals surface area contributed by atoms with Gasteiger partial charge in [-0.25, -0.2) is 23.1 Å². The van der Waals surface area contributed by atoms with Gasteiger partial charge in [0, 0.05) is 36.3 Å². The minimum absolute atomic E-state index is 0.253. The average Bonchev–Trinajstić information content (AvgIpc) is 3.18. The highest BCUT2D eigenvalue weighted by molar-refractivity contribution is 5.38. The molecule has 0 saturated carbocycles. The van der Waals surface area contributed by atoms with Crippen LogP contribution in [0.4, 0.5) is 8.78 Å². The van der Waals surface area contributed by atoms with E-state index in [1.807, 2.05) is 18.5 Å². The number of hydrogen-bond donors (Lipinski definition) is 1. The summed E-state index contributed by atoms with van der Waals surface area (Å²) in [4.78, 5) is 4.24. The molecule has 0 bridgehead atoms. The van der Waals surface area contributed by atoms with E-state index in [0.717, 1.165) is 48.2 Å². The van der Waals surface area contributed by atoms with Gasteiger partial charge in [0.05, 0.1) is 12.2 Å². The summed E-state index contributed by atoms with van der Waals surface area (Å²) in [5, 5.41) is 12.2. The van der Waals surface area contributed by atoms with Crippen LogP contribution in [0.2, 0.25) is 0 Å². The summed E-state index contributed by atoms with van der Waals surface area (Å²) in [6, 6.07) is 3.83. The molecule has 1 aromatic carbocycles. The molecule has 3 heterocycles. The molecular formula is C18H20F2N6. The summed E-state index contributed by atoms with van der Waals surface area (Å²) in [6.07, 6.45) is 3.49. The second-order valence-electron chi connectivity index (χ2n) is 6.63. The van der Waals surface area contributed by atoms with Crippen LogP contribution in [0.5, 0.6) is 0 Å². The fraction of sp³-hybridized carbons (Fsp3) is 0.389. The van der Waals surface area contributed by atoms with Crippen LogP contribution < -0.4 is 5.32 Å². The highest BCUT2D eigenvalue weighted by atomic mass is 19.1. The molecule has 4 rings (SSSR count). The number of nitrogens with one attached hydrogen (secondary N) is 1. The van der Waals surface area contributed by atoms with E-state index in [9.17, 15) is 8.78 Å². The first-order valence-electron chi connectivity index (χ1n) is 8.63. The van der Waals surface area contributed by atoms with Crippen LogP contribution in [0.15, 0.2) is 24.5 Å². The molecule has 136 valence electrons. The highest BCUT2D eigenvalue weighted by Crippen LogP contribution is 2.21. The zero-order chi connectivity index (χ0) is 18.3. The van der Waals surface area contributed by atoms with Crippen molar-refractivity contribution in [1.29, 1.82) is 0 Å². The van der Waals surface area contributed by atoms with Gasteiger partial charge in [-0.1, -0.05) is 0 Å². The lowest BCUT2D eigenvalue weighted by atomic mass is 10.1. The number of nitrogens with zero attached hydrogens (tertiary/aromatic N) is 5. The van der Waals surface area contributed by atoms with Gasteiger partial charge < -0.3 is 5.32 Å². The first-order chi connectivity index (χ1) is 12.5. The molecule has 0 saturated heterocycles. The van der Waals surface area contributed by atoms with Crippen molar-refractivity contribution in [3.63, 3.8) is 0 Å². The molecule has 2 aromatic heterocycles. The van der Waals surface area contributed by atoms with Crippen LogP contribution >= 0.6 is 0 Å². The van der Waals surface area contributed by atoms with E-state index in [4.69, 9.17) is 0 Å². The van der Waals surface area contributed by atoms with Crippen molar-refractivity contribution in [2.75, 3.05) is 0 Å². The minimum atomic E-state index is -0.624. The van der Waals surface area contributed by atoms with Gasteiger partial charge >= 0.3 is 0 Å². The minimum Gasteiger partial charge on any atom is -0.308 e. The largest absolute Gasteiger partial charge is 0.308 e. The van der Waals surface area contributed by atoms with Crippen LogP contribution in [-0.2, 0) is 19.5 Å². The SMILES string of the molecule is Cc1nn(-c2ccc(F)cc2F)c(C)c1CNC1CCc2ncnn2C1. The van der Waals surface area contributed by atoms with Crippen molar-refractivity contribution in [1.82, 2.24) is 29.9 Å². The topological polar surface area (TPSA) is 60.6 Å². The molecule has 8 heteroatoms. The molecular weight excluding hydrogens is 338 g/mol. The van der Waals surface area contributed by atoms with E-state index in [-0.39, 0.29) is 5.69 Å². The lowest BCUT2D eigenvalue weighted by Gasteiger charge is -2.23. The van der Waals surface area contributed by atoms with Crippen LogP contribution in [0.25, 0.3) is 5.69 Å². The summed E-state index contributed by atoms with van der Waals surface area (Å²) in [7, 11) is 0. The van der Waals surface area contributed by atoms with Crippen molar-refractivity contribution < 1.29 is 8.78 Å². The molecule has 0 amide bonds. The first-order valence-corrected chi connectivity index (χ1v) is 8.63. The Bertz CT molecular complexity index is 945. The normalized spacial score (nSPS) is 16.7. The van der Waals surface area contributed by atoms with E-state index in [1.54, 1.807) is 6.33 Å². The fourth-order valence-electron chi connectivity index (χ4n) is 3.47. The van der Waals surface area contributed by atoms with Crippen LogP contribution in [0, 0.1) is 25.5 Å². The second-order valence-corrected chi connectivity index (χ2v) is 6.63. The molecule has 0 aliphatic carbocycles. The predicted molar refractivity (Wildman–Crippen MR) is 91.9 cm³/mol. The quantitative estimate of drug-likeness (QED) is 0.778. The Morgan fingerprint density at radius 2 is 2.12 bits per heavy atom. The molecule has 0 radical (unpaired) electrons. The van der Waals surface area contributed by atoms with Crippen molar-refractivity contribution in [2.24, 2.45) is 0 Å². The van der Waals surface area contributed by atoms with Gasteiger partial charge in [0.1, 0.15) is 23.7 Å². The molecule has 1 aliphatic rings. The van der Waals surface area contributed by atoms with E-state index in [0.29, 0.717) is 12.6 Å². The number of halogens is 2. The number of rotatable bonds is 4. The van der Waals surface area contributed by atoms with Gasteiger partial charge in [0.15, 0.2) is 5.82 Å². The zero-order valence-electron chi connectivity index (χ0n) is 14.7. The third kappa shape index (κ3) is 3.01. The molecule has 1 N–H and O–H groups in total. The van der Waals surface area contributed by atoms with Gasteiger partial charge in [0.2, 0.25) is 0 Å². The summed E-state index contributed by atoms with van der Waals surface area (Å²) in [6.45, 7) is 5.22. The van der Waals surface area contributed by atoms with Gasteiger partial charge in [-0.15, -0.1) is 0 Å². The average molecular weight is 358 g/mol. The Balaban J connectivity index is 1.52. The van der Waals surface area contributed by atoms with E-state index >= 15 is 0 Å². The van der Waals surface area contributed by atoms with Crippen molar-refractivity contribution in [2.45, 2.75) is 45.8 Å². The lowest BCUT2D eigenvalue weighted by Crippen LogP contribution is -2.37. The predicted octanol–water partition coefficient (Wildman–Crippen LogP) is 2.46. The summed E-state index contributed by atoms with van der Waals surface area (Å²) < 4.78 is 30.7. The van der Waals surface area contributed by atoms with Crippen LogP contribution in [0.3, 0.4) is 0 Å². The zero-order valence-corrected chi connectivity index (χ0v) is 14.7. The first kappa shape index (κ1) is 16.8. The molecule has 0 spiro atoms. The van der Waals surface area contributed by atoms with E-state index in [2.05, 4.69) is 20.5 Å². The monoisotopic (exact) mass is 358 g/mol. The smallest absolute Gasteiger partial charge is 0.151 e. The molecule has 0 fully saturated rings. The number of benzene rings is 1. The lowest BCUT2D eigenvalue weighted by molar-refractivity contribution is 0.357. The van der Waals surface area contributed by atoms with E-state index in [1.165, 1.54) is 16.8 Å². The van der Waals surface area contributed by atoms with Crippen molar-refractivity contribution in [3.05, 3.63) is 58.9 Å². The third-order valence-corrected chi connectivity index (χ3v) is 4.95. The maximum atomic E-state index is 14.1. The maximum Gasteiger partial charge on any atom is 0.151 e. The summed E-state index contributed by atoms with van der Waals surface area (Å²) in [5.41, 5.74) is 2.95. The molecule has 3 aromatic rings. The summed E-state index contributed by atoms with van der Waals surface area (Å²) >= 11 is 0.